The number of rotatable bonds is 7. The summed E-state index contributed by atoms with van der Waals surface area (Å²) in [4.78, 5) is 33.1. The molecule has 3 fully saturated rings. The number of hydrogen-bond acceptors (Lipinski definition) is 6. The largest absolute Gasteiger partial charge is 0.396 e. The molecule has 0 atom stereocenters. The number of piperidine rings is 2. The summed E-state index contributed by atoms with van der Waals surface area (Å²) in [6, 6.07) is 8.38. The Bertz CT molecular complexity index is 1150. The van der Waals surface area contributed by atoms with Gasteiger partial charge in [-0.3, -0.25) is 9.69 Å². The van der Waals surface area contributed by atoms with Crippen LogP contribution in [0, 0.1) is 19.8 Å². The molecule has 2 aromatic rings. The lowest BCUT2D eigenvalue weighted by atomic mass is 9.82. The van der Waals surface area contributed by atoms with Crippen molar-refractivity contribution in [3.8, 4) is 0 Å². The summed E-state index contributed by atoms with van der Waals surface area (Å²) >= 11 is 3.54. The van der Waals surface area contributed by atoms with Crippen molar-refractivity contribution in [2.24, 2.45) is 11.1 Å². The fourth-order valence-corrected chi connectivity index (χ4v) is 6.32. The van der Waals surface area contributed by atoms with Crippen molar-refractivity contribution >= 4 is 27.5 Å². The first-order chi connectivity index (χ1) is 18.3. The maximum Gasteiger partial charge on any atom is 0.257 e. The zero-order valence-electron chi connectivity index (χ0n) is 23.2. The number of aryl methyl sites for hydroxylation is 2. The molecule has 0 radical (unpaired) electrons. The molecule has 8 heteroatoms. The average molecular weight is 583 g/mol. The Hall–Kier alpha value is -2.32. The summed E-state index contributed by atoms with van der Waals surface area (Å²) in [5.41, 5.74) is 4.66. The van der Waals surface area contributed by atoms with E-state index in [0.29, 0.717) is 24.0 Å². The van der Waals surface area contributed by atoms with Gasteiger partial charge in [0.1, 0.15) is 12.4 Å². The van der Waals surface area contributed by atoms with Crippen molar-refractivity contribution in [3.05, 3.63) is 57.1 Å². The number of amides is 1. The summed E-state index contributed by atoms with van der Waals surface area (Å²) in [7, 11) is 0. The molecule has 0 N–H and O–H groups in total. The number of aromatic nitrogens is 2. The molecule has 1 amide bonds. The topological polar surface area (TPSA) is 70.9 Å². The number of benzene rings is 1. The summed E-state index contributed by atoms with van der Waals surface area (Å²) < 4.78 is 1.07. The maximum atomic E-state index is 13.5. The smallest absolute Gasteiger partial charge is 0.257 e. The SMILES string of the molecule is CCO/N=C(/c1ccc(Br)cc1)C1CCN(C2(C)CCN(C(=O)c3c(C)nc(C4CC4)nc3C)CC2)CC1. The molecule has 2 saturated heterocycles. The van der Waals surface area contributed by atoms with Crippen LogP contribution in [0.3, 0.4) is 0 Å². The molecule has 0 spiro atoms. The van der Waals surface area contributed by atoms with Crippen molar-refractivity contribution in [2.75, 3.05) is 32.8 Å². The number of carbonyl (C=O) groups is 1. The van der Waals surface area contributed by atoms with Crippen LogP contribution in [0.15, 0.2) is 33.9 Å². The molecule has 5 rings (SSSR count). The van der Waals surface area contributed by atoms with Crippen LogP contribution in [-0.4, -0.2) is 69.7 Å². The Balaban J connectivity index is 1.20. The van der Waals surface area contributed by atoms with E-state index in [-0.39, 0.29) is 11.4 Å². The Labute approximate surface area is 235 Å². The predicted molar refractivity (Wildman–Crippen MR) is 154 cm³/mol. The Morgan fingerprint density at radius 1 is 1.03 bits per heavy atom. The van der Waals surface area contributed by atoms with Gasteiger partial charge in [-0.1, -0.05) is 33.2 Å². The molecule has 204 valence electrons. The van der Waals surface area contributed by atoms with E-state index >= 15 is 0 Å². The third kappa shape index (κ3) is 5.81. The quantitative estimate of drug-likeness (QED) is 0.301. The monoisotopic (exact) mass is 581 g/mol. The number of likely N-dealkylation sites (tertiary alicyclic amines) is 2. The number of carbonyl (C=O) groups excluding carboxylic acids is 1. The molecule has 0 unspecified atom stereocenters. The zero-order valence-corrected chi connectivity index (χ0v) is 24.8. The Morgan fingerprint density at radius 3 is 2.18 bits per heavy atom. The summed E-state index contributed by atoms with van der Waals surface area (Å²) in [6.45, 7) is 12.5. The lowest BCUT2D eigenvalue weighted by Crippen LogP contribution is -2.56. The second-order valence-corrected chi connectivity index (χ2v) is 12.3. The van der Waals surface area contributed by atoms with E-state index in [0.717, 1.165) is 84.8 Å². The first-order valence-corrected chi connectivity index (χ1v) is 14.9. The van der Waals surface area contributed by atoms with Gasteiger partial charge in [0.25, 0.3) is 5.91 Å². The van der Waals surface area contributed by atoms with E-state index < -0.39 is 0 Å². The van der Waals surface area contributed by atoms with E-state index in [4.69, 9.17) is 14.8 Å². The average Bonchev–Trinajstić information content (AvgIpc) is 3.76. The molecule has 2 aliphatic heterocycles. The second kappa shape index (κ2) is 11.4. The van der Waals surface area contributed by atoms with Crippen molar-refractivity contribution in [1.82, 2.24) is 19.8 Å². The Morgan fingerprint density at radius 2 is 1.63 bits per heavy atom. The van der Waals surface area contributed by atoms with Crippen LogP contribution in [0.1, 0.15) is 91.4 Å². The van der Waals surface area contributed by atoms with Crippen LogP contribution in [0.25, 0.3) is 0 Å². The van der Waals surface area contributed by atoms with Crippen LogP contribution in [0.4, 0.5) is 0 Å². The molecule has 3 heterocycles. The molecule has 1 aromatic carbocycles. The van der Waals surface area contributed by atoms with Gasteiger partial charge >= 0.3 is 0 Å². The number of nitrogens with zero attached hydrogens (tertiary/aromatic N) is 5. The number of halogens is 1. The minimum atomic E-state index is 0.0920. The van der Waals surface area contributed by atoms with E-state index in [1.165, 1.54) is 12.8 Å². The van der Waals surface area contributed by atoms with Gasteiger partial charge in [0, 0.05) is 34.9 Å². The van der Waals surface area contributed by atoms with E-state index in [1.54, 1.807) is 0 Å². The van der Waals surface area contributed by atoms with E-state index in [1.807, 2.05) is 25.7 Å². The van der Waals surface area contributed by atoms with Gasteiger partial charge in [-0.15, -0.1) is 0 Å². The van der Waals surface area contributed by atoms with Gasteiger partial charge in [-0.2, -0.15) is 0 Å². The van der Waals surface area contributed by atoms with E-state index in [9.17, 15) is 4.79 Å². The van der Waals surface area contributed by atoms with Crippen LogP contribution >= 0.6 is 15.9 Å². The van der Waals surface area contributed by atoms with Gasteiger partial charge in [0.2, 0.25) is 0 Å². The Kier molecular flexibility index (Phi) is 8.19. The first kappa shape index (κ1) is 27.3. The minimum Gasteiger partial charge on any atom is -0.396 e. The van der Waals surface area contributed by atoms with Crippen LogP contribution in [-0.2, 0) is 4.84 Å². The molecular formula is C30H40BrN5O2. The first-order valence-electron chi connectivity index (χ1n) is 14.1. The highest BCUT2D eigenvalue weighted by Gasteiger charge is 2.40. The highest BCUT2D eigenvalue weighted by molar-refractivity contribution is 9.10. The third-order valence-electron chi connectivity index (χ3n) is 8.65. The van der Waals surface area contributed by atoms with Gasteiger partial charge in [-0.05, 0) is 97.0 Å². The lowest BCUT2D eigenvalue weighted by molar-refractivity contribution is 0.0161. The van der Waals surface area contributed by atoms with Gasteiger partial charge < -0.3 is 9.74 Å². The van der Waals surface area contributed by atoms with E-state index in [2.05, 4.69) is 57.2 Å². The molecule has 0 bridgehead atoms. The van der Waals surface area contributed by atoms with Crippen molar-refractivity contribution in [2.45, 2.75) is 77.7 Å². The molecular weight excluding hydrogens is 542 g/mol. The predicted octanol–water partition coefficient (Wildman–Crippen LogP) is 5.88. The summed E-state index contributed by atoms with van der Waals surface area (Å²) in [5.74, 6) is 1.89. The van der Waals surface area contributed by atoms with Gasteiger partial charge in [0.05, 0.1) is 22.7 Å². The van der Waals surface area contributed by atoms with Crippen LogP contribution in [0.2, 0.25) is 0 Å². The summed E-state index contributed by atoms with van der Waals surface area (Å²) in [6.07, 6.45) is 6.41. The van der Waals surface area contributed by atoms with Crippen LogP contribution in [0.5, 0.6) is 0 Å². The van der Waals surface area contributed by atoms with Crippen molar-refractivity contribution in [1.29, 1.82) is 0 Å². The van der Waals surface area contributed by atoms with Crippen molar-refractivity contribution in [3.63, 3.8) is 0 Å². The molecule has 1 aliphatic carbocycles. The van der Waals surface area contributed by atoms with Gasteiger partial charge in [0.15, 0.2) is 0 Å². The maximum absolute atomic E-state index is 13.5. The second-order valence-electron chi connectivity index (χ2n) is 11.4. The van der Waals surface area contributed by atoms with Crippen LogP contribution < -0.4 is 0 Å². The molecule has 38 heavy (non-hydrogen) atoms. The normalized spacial score (nSPS) is 21.0. The summed E-state index contributed by atoms with van der Waals surface area (Å²) in [5, 5.41) is 4.54. The fraction of sp³-hybridized carbons (Fsp3) is 0.600. The molecule has 1 saturated carbocycles. The van der Waals surface area contributed by atoms with Gasteiger partial charge in [-0.25, -0.2) is 9.97 Å². The zero-order chi connectivity index (χ0) is 26.9. The minimum absolute atomic E-state index is 0.0920. The standard InChI is InChI=1S/C30H40BrN5O2/c1-5-38-34-27(22-8-10-25(31)11-9-22)23-12-16-36(17-13-23)30(4)14-18-35(19-15-30)29(37)26-20(2)32-28(24-6-7-24)33-21(26)3/h8-11,23-24H,5-7,12-19H2,1-4H3/b34-27-. The number of hydrogen-bond donors (Lipinski definition) is 0. The fourth-order valence-electron chi connectivity index (χ4n) is 6.05. The molecule has 3 aliphatic rings. The third-order valence-corrected chi connectivity index (χ3v) is 9.18. The highest BCUT2D eigenvalue weighted by atomic mass is 79.9. The lowest BCUT2D eigenvalue weighted by Gasteiger charge is -2.49. The number of oxime groups is 1. The van der Waals surface area contributed by atoms with Crippen molar-refractivity contribution < 1.29 is 9.63 Å². The molecule has 7 nitrogen and oxygen atoms in total. The highest BCUT2D eigenvalue weighted by Crippen LogP contribution is 2.39. The molecule has 1 aromatic heterocycles.